The minimum absolute atomic E-state index is 0.0986. The third-order valence-corrected chi connectivity index (χ3v) is 6.46. The van der Waals surface area contributed by atoms with Crippen molar-refractivity contribution in [2.24, 2.45) is 0 Å². The lowest BCUT2D eigenvalue weighted by Crippen LogP contribution is -2.26. The van der Waals surface area contributed by atoms with Gasteiger partial charge in [-0.2, -0.15) is 0 Å². The third kappa shape index (κ3) is 4.90. The SMILES string of the molecule is CC(C)Oc1cccc(OC(C)C)c1P(c1ccccc1)c1ccccc1. The molecule has 2 nitrogen and oxygen atoms in total. The van der Waals surface area contributed by atoms with Crippen LogP contribution in [0.15, 0.2) is 78.9 Å². The molecule has 0 aromatic heterocycles. The highest BCUT2D eigenvalue weighted by molar-refractivity contribution is 7.80. The van der Waals surface area contributed by atoms with E-state index in [1.54, 1.807) is 0 Å². The standard InChI is InChI=1S/C24H27O2P/c1-18(2)25-22-16-11-17-23(26-19(3)4)24(22)27(20-12-7-5-8-13-20)21-14-9-6-10-15-21/h5-19H,1-4H3. The molecule has 0 aliphatic rings. The molecule has 0 fully saturated rings. The molecule has 0 saturated carbocycles. The third-order valence-electron chi connectivity index (χ3n) is 3.94. The van der Waals surface area contributed by atoms with E-state index in [0.29, 0.717) is 0 Å². The van der Waals surface area contributed by atoms with Crippen LogP contribution in [0.5, 0.6) is 11.5 Å². The van der Waals surface area contributed by atoms with E-state index in [9.17, 15) is 0 Å². The summed E-state index contributed by atoms with van der Waals surface area (Å²) in [5, 5.41) is 3.71. The molecule has 3 aromatic carbocycles. The van der Waals surface area contributed by atoms with Crippen molar-refractivity contribution in [1.29, 1.82) is 0 Å². The molecule has 3 heteroatoms. The van der Waals surface area contributed by atoms with Gasteiger partial charge in [-0.25, -0.2) is 0 Å². The zero-order valence-electron chi connectivity index (χ0n) is 16.4. The normalized spacial score (nSPS) is 11.2. The van der Waals surface area contributed by atoms with E-state index in [1.807, 2.05) is 6.07 Å². The lowest BCUT2D eigenvalue weighted by atomic mass is 10.3. The highest BCUT2D eigenvalue weighted by Gasteiger charge is 2.25. The molecule has 3 aromatic rings. The zero-order valence-corrected chi connectivity index (χ0v) is 17.3. The number of benzene rings is 3. The summed E-state index contributed by atoms with van der Waals surface area (Å²) in [6.07, 6.45) is 0.197. The molecule has 140 valence electrons. The largest absolute Gasteiger partial charge is 0.490 e. The van der Waals surface area contributed by atoms with Gasteiger partial charge in [0.1, 0.15) is 11.5 Å². The molecule has 0 saturated heterocycles. The van der Waals surface area contributed by atoms with Crippen LogP contribution in [0.2, 0.25) is 0 Å². The van der Waals surface area contributed by atoms with Crippen LogP contribution in [-0.4, -0.2) is 12.2 Å². The Morgan fingerprint density at radius 1 is 0.556 bits per heavy atom. The average molecular weight is 378 g/mol. The monoisotopic (exact) mass is 378 g/mol. The fourth-order valence-corrected chi connectivity index (χ4v) is 5.43. The second-order valence-electron chi connectivity index (χ2n) is 6.94. The van der Waals surface area contributed by atoms with E-state index >= 15 is 0 Å². The molecule has 0 atom stereocenters. The smallest absolute Gasteiger partial charge is 0.131 e. The first-order valence-electron chi connectivity index (χ1n) is 9.43. The minimum Gasteiger partial charge on any atom is -0.490 e. The van der Waals surface area contributed by atoms with Crippen molar-refractivity contribution in [3.05, 3.63) is 78.9 Å². The Hall–Kier alpha value is -2.31. The van der Waals surface area contributed by atoms with Crippen LogP contribution in [0.1, 0.15) is 27.7 Å². The second kappa shape index (κ2) is 9.06. The van der Waals surface area contributed by atoms with E-state index in [-0.39, 0.29) is 12.2 Å². The summed E-state index contributed by atoms with van der Waals surface area (Å²) in [6.45, 7) is 8.25. The van der Waals surface area contributed by atoms with E-state index < -0.39 is 7.92 Å². The average Bonchev–Trinajstić information content (AvgIpc) is 2.65. The van der Waals surface area contributed by atoms with Gasteiger partial charge in [-0.15, -0.1) is 0 Å². The Bertz CT molecular complexity index is 777. The Morgan fingerprint density at radius 2 is 0.963 bits per heavy atom. The maximum atomic E-state index is 6.23. The Kier molecular flexibility index (Phi) is 6.53. The molecule has 0 aliphatic carbocycles. The molecule has 0 bridgehead atoms. The Morgan fingerprint density at radius 3 is 1.33 bits per heavy atom. The van der Waals surface area contributed by atoms with Gasteiger partial charge in [-0.1, -0.05) is 66.7 Å². The van der Waals surface area contributed by atoms with Crippen LogP contribution in [-0.2, 0) is 0 Å². The number of rotatable bonds is 7. The van der Waals surface area contributed by atoms with Gasteiger partial charge >= 0.3 is 0 Å². The number of ether oxygens (including phenoxy) is 2. The van der Waals surface area contributed by atoms with Gasteiger partial charge in [0.05, 0.1) is 17.5 Å². The van der Waals surface area contributed by atoms with E-state index in [2.05, 4.69) is 100 Å². The van der Waals surface area contributed by atoms with Crippen molar-refractivity contribution in [1.82, 2.24) is 0 Å². The van der Waals surface area contributed by atoms with Crippen molar-refractivity contribution >= 4 is 23.8 Å². The number of hydrogen-bond acceptors (Lipinski definition) is 2. The molecule has 0 aliphatic heterocycles. The van der Waals surface area contributed by atoms with Crippen LogP contribution < -0.4 is 25.4 Å². The van der Waals surface area contributed by atoms with Crippen molar-refractivity contribution in [3.63, 3.8) is 0 Å². The Balaban J connectivity index is 2.24. The first-order chi connectivity index (χ1) is 13.1. The van der Waals surface area contributed by atoms with Crippen molar-refractivity contribution in [2.45, 2.75) is 39.9 Å². The maximum Gasteiger partial charge on any atom is 0.131 e. The van der Waals surface area contributed by atoms with Crippen molar-refractivity contribution in [2.75, 3.05) is 0 Å². The van der Waals surface area contributed by atoms with Crippen LogP contribution in [0.25, 0.3) is 0 Å². The van der Waals surface area contributed by atoms with E-state index in [0.717, 1.165) is 16.8 Å². The van der Waals surface area contributed by atoms with E-state index in [1.165, 1.54) is 10.6 Å². The molecule has 0 heterocycles. The van der Waals surface area contributed by atoms with Gasteiger partial charge in [-0.05, 0) is 58.4 Å². The van der Waals surface area contributed by atoms with Gasteiger partial charge in [0, 0.05) is 0 Å². The molecule has 0 unspecified atom stereocenters. The first-order valence-corrected chi connectivity index (χ1v) is 10.8. The summed E-state index contributed by atoms with van der Waals surface area (Å²) in [7, 11) is -0.799. The van der Waals surface area contributed by atoms with Crippen LogP contribution in [0, 0.1) is 0 Å². The number of hydrogen-bond donors (Lipinski definition) is 0. The molecule has 0 N–H and O–H groups in total. The summed E-state index contributed by atoms with van der Waals surface area (Å²) in [6, 6.07) is 27.4. The summed E-state index contributed by atoms with van der Waals surface area (Å²) in [5.41, 5.74) is 0. The zero-order chi connectivity index (χ0) is 19.2. The summed E-state index contributed by atoms with van der Waals surface area (Å²) in [4.78, 5) is 0. The quantitative estimate of drug-likeness (QED) is 0.538. The maximum absolute atomic E-state index is 6.23. The van der Waals surface area contributed by atoms with Gasteiger partial charge in [-0.3, -0.25) is 0 Å². The molecular weight excluding hydrogens is 351 g/mol. The van der Waals surface area contributed by atoms with Crippen LogP contribution in [0.4, 0.5) is 0 Å². The summed E-state index contributed by atoms with van der Waals surface area (Å²) >= 11 is 0. The van der Waals surface area contributed by atoms with Gasteiger partial charge < -0.3 is 9.47 Å². The molecule has 3 rings (SSSR count). The van der Waals surface area contributed by atoms with Crippen LogP contribution in [0.3, 0.4) is 0 Å². The minimum atomic E-state index is -0.799. The summed E-state index contributed by atoms with van der Waals surface area (Å²) < 4.78 is 12.5. The van der Waals surface area contributed by atoms with Crippen molar-refractivity contribution < 1.29 is 9.47 Å². The van der Waals surface area contributed by atoms with Gasteiger partial charge in [0.25, 0.3) is 0 Å². The lowest BCUT2D eigenvalue weighted by Gasteiger charge is -2.26. The van der Waals surface area contributed by atoms with Crippen LogP contribution >= 0.6 is 7.92 Å². The topological polar surface area (TPSA) is 18.5 Å². The Labute approximate surface area is 163 Å². The molecule has 0 amide bonds. The fourth-order valence-electron chi connectivity index (χ4n) is 2.98. The first kappa shape index (κ1) is 19.5. The molecular formula is C24H27O2P. The molecule has 0 radical (unpaired) electrons. The molecule has 27 heavy (non-hydrogen) atoms. The highest BCUT2D eigenvalue weighted by atomic mass is 31.1. The van der Waals surface area contributed by atoms with E-state index in [4.69, 9.17) is 9.47 Å². The van der Waals surface area contributed by atoms with Gasteiger partial charge in [0.2, 0.25) is 0 Å². The fraction of sp³-hybridized carbons (Fsp3) is 0.250. The predicted molar refractivity (Wildman–Crippen MR) is 117 cm³/mol. The van der Waals surface area contributed by atoms with Crippen molar-refractivity contribution in [3.8, 4) is 11.5 Å². The predicted octanol–water partition coefficient (Wildman–Crippen LogP) is 5.02. The summed E-state index contributed by atoms with van der Waals surface area (Å²) in [5.74, 6) is 1.81. The van der Waals surface area contributed by atoms with Gasteiger partial charge in [0.15, 0.2) is 0 Å². The highest BCUT2D eigenvalue weighted by Crippen LogP contribution is 2.41. The molecule has 0 spiro atoms. The second-order valence-corrected chi connectivity index (χ2v) is 9.09. The lowest BCUT2D eigenvalue weighted by molar-refractivity contribution is 0.233.